The molecule has 1 aromatic rings. The number of carbonyl (C=O) groups excluding carboxylic acids is 1. The zero-order valence-electron chi connectivity index (χ0n) is 11.7. The lowest BCUT2D eigenvalue weighted by molar-refractivity contribution is 0.0754. The van der Waals surface area contributed by atoms with Gasteiger partial charge in [0.1, 0.15) is 5.82 Å². The first-order chi connectivity index (χ1) is 9.11. The van der Waals surface area contributed by atoms with E-state index in [0.29, 0.717) is 21.9 Å². The number of amides is 1. The molecule has 0 aliphatic carbocycles. The Hall–Kier alpha value is -1.23. The Balaban J connectivity index is 2.19. The van der Waals surface area contributed by atoms with Crippen LogP contribution in [-0.2, 0) is 0 Å². The quantitative estimate of drug-likeness (QED) is 0.923. The van der Waals surface area contributed by atoms with Gasteiger partial charge in [-0.1, -0.05) is 13.8 Å². The second-order valence-electron chi connectivity index (χ2n) is 4.90. The molecule has 1 amide bonds. The number of thioether (sulfide) groups is 1. The lowest BCUT2D eigenvalue weighted by atomic mass is 10.2. The SMILES string of the molecule is CCNc1ncccc1C(=O)N1CC(C)SC(C)C1. The highest BCUT2D eigenvalue weighted by Gasteiger charge is 2.27. The Morgan fingerprint density at radius 1 is 1.47 bits per heavy atom. The van der Waals surface area contributed by atoms with Crippen LogP contribution in [0.1, 0.15) is 31.1 Å². The number of aromatic nitrogens is 1. The first kappa shape index (κ1) is 14.2. The van der Waals surface area contributed by atoms with E-state index in [-0.39, 0.29) is 5.91 Å². The summed E-state index contributed by atoms with van der Waals surface area (Å²) in [5.41, 5.74) is 0.677. The molecule has 0 spiro atoms. The molecule has 1 fully saturated rings. The maximum atomic E-state index is 12.6. The second-order valence-corrected chi connectivity index (χ2v) is 6.78. The van der Waals surface area contributed by atoms with Crippen LogP contribution in [0, 0.1) is 0 Å². The molecule has 1 aromatic heterocycles. The molecule has 5 heteroatoms. The van der Waals surface area contributed by atoms with Gasteiger partial charge in [0.2, 0.25) is 0 Å². The van der Waals surface area contributed by atoms with Crippen LogP contribution < -0.4 is 5.32 Å². The molecule has 2 atom stereocenters. The molecule has 19 heavy (non-hydrogen) atoms. The Morgan fingerprint density at radius 3 is 2.79 bits per heavy atom. The van der Waals surface area contributed by atoms with Crippen LogP contribution in [0.4, 0.5) is 5.82 Å². The number of hydrogen-bond donors (Lipinski definition) is 1. The molecule has 0 radical (unpaired) electrons. The largest absolute Gasteiger partial charge is 0.370 e. The van der Waals surface area contributed by atoms with E-state index in [4.69, 9.17) is 0 Å². The molecule has 2 unspecified atom stereocenters. The summed E-state index contributed by atoms with van der Waals surface area (Å²) in [6.07, 6.45) is 1.71. The van der Waals surface area contributed by atoms with Crippen LogP contribution in [0.5, 0.6) is 0 Å². The number of hydrogen-bond acceptors (Lipinski definition) is 4. The summed E-state index contributed by atoms with van der Waals surface area (Å²) in [4.78, 5) is 18.8. The average Bonchev–Trinajstić information content (AvgIpc) is 2.38. The fourth-order valence-corrected chi connectivity index (χ4v) is 3.73. The fraction of sp³-hybridized carbons (Fsp3) is 0.571. The summed E-state index contributed by atoms with van der Waals surface area (Å²) < 4.78 is 0. The first-order valence-electron chi connectivity index (χ1n) is 6.75. The van der Waals surface area contributed by atoms with E-state index >= 15 is 0 Å². The van der Waals surface area contributed by atoms with Crippen molar-refractivity contribution in [3.05, 3.63) is 23.9 Å². The summed E-state index contributed by atoms with van der Waals surface area (Å²) in [6, 6.07) is 3.67. The van der Waals surface area contributed by atoms with Crippen LogP contribution >= 0.6 is 11.8 Å². The molecule has 1 aliphatic heterocycles. The standard InChI is InChI=1S/C14H21N3OS/c1-4-15-13-12(6-5-7-16-13)14(18)17-8-10(2)19-11(3)9-17/h5-7,10-11H,4,8-9H2,1-3H3,(H,15,16). The second kappa shape index (κ2) is 6.28. The van der Waals surface area contributed by atoms with Gasteiger partial charge >= 0.3 is 0 Å². The van der Waals surface area contributed by atoms with E-state index in [1.54, 1.807) is 6.20 Å². The summed E-state index contributed by atoms with van der Waals surface area (Å²) in [5.74, 6) is 0.775. The smallest absolute Gasteiger partial charge is 0.257 e. The van der Waals surface area contributed by atoms with Crippen molar-refractivity contribution >= 4 is 23.5 Å². The molecular weight excluding hydrogens is 258 g/mol. The Bertz CT molecular complexity index is 442. The van der Waals surface area contributed by atoms with E-state index in [1.807, 2.05) is 35.7 Å². The van der Waals surface area contributed by atoms with E-state index in [1.165, 1.54) is 0 Å². The third kappa shape index (κ3) is 3.41. The highest BCUT2D eigenvalue weighted by atomic mass is 32.2. The zero-order chi connectivity index (χ0) is 13.8. The van der Waals surface area contributed by atoms with Gasteiger partial charge in [0, 0.05) is 36.3 Å². The number of rotatable bonds is 3. The molecule has 2 rings (SSSR count). The lowest BCUT2D eigenvalue weighted by Crippen LogP contribution is -2.44. The minimum Gasteiger partial charge on any atom is -0.370 e. The molecule has 1 N–H and O–H groups in total. The zero-order valence-corrected chi connectivity index (χ0v) is 12.5. The number of nitrogens with zero attached hydrogens (tertiary/aromatic N) is 2. The van der Waals surface area contributed by atoms with Gasteiger partial charge < -0.3 is 10.2 Å². The van der Waals surface area contributed by atoms with Crippen LogP contribution in [-0.4, -0.2) is 45.9 Å². The van der Waals surface area contributed by atoms with Crippen LogP contribution in [0.2, 0.25) is 0 Å². The summed E-state index contributed by atoms with van der Waals surface area (Å²) >= 11 is 1.95. The number of anilines is 1. The highest BCUT2D eigenvalue weighted by Crippen LogP contribution is 2.26. The van der Waals surface area contributed by atoms with Crippen molar-refractivity contribution in [3.63, 3.8) is 0 Å². The van der Waals surface area contributed by atoms with Crippen LogP contribution in [0.15, 0.2) is 18.3 Å². The van der Waals surface area contributed by atoms with Crippen molar-refractivity contribution in [1.82, 2.24) is 9.88 Å². The Labute approximate surface area is 119 Å². The molecule has 4 nitrogen and oxygen atoms in total. The van der Waals surface area contributed by atoms with Gasteiger partial charge in [-0.2, -0.15) is 11.8 Å². The van der Waals surface area contributed by atoms with Crippen LogP contribution in [0.3, 0.4) is 0 Å². The molecule has 2 heterocycles. The monoisotopic (exact) mass is 279 g/mol. The highest BCUT2D eigenvalue weighted by molar-refractivity contribution is 8.00. The minimum absolute atomic E-state index is 0.0862. The molecule has 104 valence electrons. The van der Waals surface area contributed by atoms with Crippen molar-refractivity contribution in [1.29, 1.82) is 0 Å². The van der Waals surface area contributed by atoms with Gasteiger partial charge in [-0.15, -0.1) is 0 Å². The minimum atomic E-state index is 0.0862. The molecule has 0 saturated carbocycles. The number of carbonyl (C=O) groups is 1. The number of nitrogens with one attached hydrogen (secondary N) is 1. The van der Waals surface area contributed by atoms with Gasteiger partial charge in [0.25, 0.3) is 5.91 Å². The molecular formula is C14H21N3OS. The predicted octanol–water partition coefficient (Wildman–Crippen LogP) is 2.48. The normalized spacial score (nSPS) is 23.2. The van der Waals surface area contributed by atoms with Crippen molar-refractivity contribution < 1.29 is 4.79 Å². The number of pyridine rings is 1. The Kier molecular flexibility index (Phi) is 4.69. The van der Waals surface area contributed by atoms with Crippen molar-refractivity contribution in [3.8, 4) is 0 Å². The van der Waals surface area contributed by atoms with E-state index in [0.717, 1.165) is 19.6 Å². The van der Waals surface area contributed by atoms with Gasteiger partial charge in [0.05, 0.1) is 5.56 Å². The Morgan fingerprint density at radius 2 is 2.16 bits per heavy atom. The van der Waals surface area contributed by atoms with E-state index in [9.17, 15) is 4.79 Å². The van der Waals surface area contributed by atoms with Crippen molar-refractivity contribution in [2.24, 2.45) is 0 Å². The third-order valence-electron chi connectivity index (χ3n) is 3.09. The molecule has 1 aliphatic rings. The maximum Gasteiger partial charge on any atom is 0.257 e. The summed E-state index contributed by atoms with van der Waals surface area (Å²) in [7, 11) is 0. The van der Waals surface area contributed by atoms with E-state index < -0.39 is 0 Å². The van der Waals surface area contributed by atoms with Gasteiger partial charge in [-0.3, -0.25) is 4.79 Å². The maximum absolute atomic E-state index is 12.6. The average molecular weight is 279 g/mol. The summed E-state index contributed by atoms with van der Waals surface area (Å²) in [5, 5.41) is 4.14. The topological polar surface area (TPSA) is 45.2 Å². The molecule has 1 saturated heterocycles. The molecule has 0 aromatic carbocycles. The van der Waals surface area contributed by atoms with Crippen molar-refractivity contribution in [2.45, 2.75) is 31.3 Å². The van der Waals surface area contributed by atoms with Crippen LogP contribution in [0.25, 0.3) is 0 Å². The van der Waals surface area contributed by atoms with E-state index in [2.05, 4.69) is 24.1 Å². The lowest BCUT2D eigenvalue weighted by Gasteiger charge is -2.34. The predicted molar refractivity (Wildman–Crippen MR) is 80.8 cm³/mol. The summed E-state index contributed by atoms with van der Waals surface area (Å²) in [6.45, 7) is 8.75. The fourth-order valence-electron chi connectivity index (χ4n) is 2.40. The van der Waals surface area contributed by atoms with Crippen molar-refractivity contribution in [2.75, 3.05) is 25.0 Å². The van der Waals surface area contributed by atoms with Gasteiger partial charge in [-0.25, -0.2) is 4.98 Å². The third-order valence-corrected chi connectivity index (χ3v) is 4.32. The first-order valence-corrected chi connectivity index (χ1v) is 7.69. The van der Waals surface area contributed by atoms with Gasteiger partial charge in [0.15, 0.2) is 0 Å². The van der Waals surface area contributed by atoms with Gasteiger partial charge in [-0.05, 0) is 19.1 Å². The molecule has 0 bridgehead atoms.